The van der Waals surface area contributed by atoms with Crippen LogP contribution >= 0.6 is 0 Å². The first-order valence-corrected chi connectivity index (χ1v) is 9.45. The van der Waals surface area contributed by atoms with Crippen LogP contribution in [0.25, 0.3) is 6.08 Å². The Bertz CT molecular complexity index is 864. The molecule has 0 aliphatic carbocycles. The van der Waals surface area contributed by atoms with Crippen molar-refractivity contribution in [2.45, 2.75) is 12.4 Å². The molecular formula is C23H30O8. The zero-order valence-corrected chi connectivity index (χ0v) is 18.9. The molecule has 1 unspecified atom stereocenters. The Morgan fingerprint density at radius 3 is 1.55 bits per heavy atom. The predicted molar refractivity (Wildman–Crippen MR) is 116 cm³/mol. The molecule has 0 aliphatic heterocycles. The lowest BCUT2D eigenvalue weighted by Gasteiger charge is -2.22. The molecular weight excluding hydrogens is 404 g/mol. The highest BCUT2D eigenvalue weighted by atomic mass is 16.7. The molecule has 0 radical (unpaired) electrons. The van der Waals surface area contributed by atoms with Gasteiger partial charge >= 0.3 is 0 Å². The van der Waals surface area contributed by atoms with Crippen LogP contribution in [0.1, 0.15) is 29.1 Å². The smallest absolute Gasteiger partial charge is 0.203 e. The van der Waals surface area contributed by atoms with Crippen molar-refractivity contribution < 1.29 is 38.3 Å². The molecule has 0 amide bonds. The first-order chi connectivity index (χ1) is 15.0. The number of rotatable bonds is 11. The van der Waals surface area contributed by atoms with Gasteiger partial charge in [-0.05, 0) is 35.4 Å². The highest BCUT2D eigenvalue weighted by Gasteiger charge is 2.22. The average molecular weight is 434 g/mol. The first-order valence-electron chi connectivity index (χ1n) is 9.45. The average Bonchev–Trinajstić information content (AvgIpc) is 2.81. The summed E-state index contributed by atoms with van der Waals surface area (Å²) in [5.74, 6) is 2.50. The Labute approximate surface area is 182 Å². The molecule has 2 rings (SSSR count). The zero-order valence-electron chi connectivity index (χ0n) is 18.9. The van der Waals surface area contributed by atoms with Gasteiger partial charge in [-0.25, -0.2) is 0 Å². The van der Waals surface area contributed by atoms with E-state index in [1.54, 1.807) is 57.7 Å². The summed E-state index contributed by atoms with van der Waals surface area (Å²) in [6.45, 7) is 0. The molecule has 0 fully saturated rings. The van der Waals surface area contributed by atoms with Gasteiger partial charge in [-0.2, -0.15) is 0 Å². The quantitative estimate of drug-likeness (QED) is 0.535. The molecule has 0 spiro atoms. The van der Waals surface area contributed by atoms with Gasteiger partial charge in [0.05, 0.1) is 41.7 Å². The number of hydrogen-bond donors (Lipinski definition) is 1. The van der Waals surface area contributed by atoms with Crippen LogP contribution in [-0.4, -0.2) is 54.9 Å². The maximum Gasteiger partial charge on any atom is 0.203 e. The SMILES string of the molecule is COc1cc(C(O)/C=C/c2cc(OC)c(OC)c(OC)c2)c(C(OC)OC)cc1OC. The summed E-state index contributed by atoms with van der Waals surface area (Å²) < 4.78 is 37.7. The summed E-state index contributed by atoms with van der Waals surface area (Å²) in [6.07, 6.45) is 1.71. The Morgan fingerprint density at radius 2 is 1.13 bits per heavy atom. The Morgan fingerprint density at radius 1 is 0.645 bits per heavy atom. The van der Waals surface area contributed by atoms with E-state index in [1.807, 2.05) is 0 Å². The number of methoxy groups -OCH3 is 7. The van der Waals surface area contributed by atoms with Gasteiger partial charge in [-0.15, -0.1) is 0 Å². The third-order valence-corrected chi connectivity index (χ3v) is 4.75. The van der Waals surface area contributed by atoms with Crippen molar-refractivity contribution in [3.8, 4) is 28.7 Å². The van der Waals surface area contributed by atoms with Gasteiger partial charge in [-0.1, -0.05) is 12.2 Å². The second kappa shape index (κ2) is 11.5. The Hall–Kier alpha value is -2.94. The van der Waals surface area contributed by atoms with Crippen LogP contribution < -0.4 is 23.7 Å². The number of aliphatic hydroxyl groups is 1. The van der Waals surface area contributed by atoms with Crippen LogP contribution in [0.3, 0.4) is 0 Å². The lowest BCUT2D eigenvalue weighted by Crippen LogP contribution is -2.10. The largest absolute Gasteiger partial charge is 0.493 e. The second-order valence-electron chi connectivity index (χ2n) is 6.40. The lowest BCUT2D eigenvalue weighted by atomic mass is 9.99. The van der Waals surface area contributed by atoms with Crippen LogP contribution in [0.15, 0.2) is 30.3 Å². The van der Waals surface area contributed by atoms with E-state index in [4.69, 9.17) is 33.2 Å². The van der Waals surface area contributed by atoms with Crippen molar-refractivity contribution in [1.82, 2.24) is 0 Å². The fourth-order valence-corrected chi connectivity index (χ4v) is 3.22. The summed E-state index contributed by atoms with van der Waals surface area (Å²) >= 11 is 0. The third kappa shape index (κ3) is 5.41. The number of benzene rings is 2. The maximum atomic E-state index is 11.0. The summed E-state index contributed by atoms with van der Waals surface area (Å²) in [4.78, 5) is 0. The minimum atomic E-state index is -0.985. The number of ether oxygens (including phenoxy) is 7. The van der Waals surface area contributed by atoms with Crippen LogP contribution in [0.5, 0.6) is 28.7 Å². The minimum Gasteiger partial charge on any atom is -0.493 e. The highest BCUT2D eigenvalue weighted by molar-refractivity contribution is 5.62. The van der Waals surface area contributed by atoms with Crippen molar-refractivity contribution in [3.63, 3.8) is 0 Å². The number of aliphatic hydroxyl groups excluding tert-OH is 1. The summed E-state index contributed by atoms with van der Waals surface area (Å²) in [6, 6.07) is 6.99. The molecule has 1 N–H and O–H groups in total. The summed E-state index contributed by atoms with van der Waals surface area (Å²) in [7, 11) is 10.7. The Kier molecular flexibility index (Phi) is 8.99. The fourth-order valence-electron chi connectivity index (χ4n) is 3.22. The molecule has 0 aromatic heterocycles. The van der Waals surface area contributed by atoms with Gasteiger partial charge in [-0.3, -0.25) is 0 Å². The predicted octanol–water partition coefficient (Wildman–Crippen LogP) is 3.77. The van der Waals surface area contributed by atoms with E-state index in [0.29, 0.717) is 39.9 Å². The van der Waals surface area contributed by atoms with Crippen LogP contribution in [0.2, 0.25) is 0 Å². The van der Waals surface area contributed by atoms with Gasteiger partial charge in [0, 0.05) is 19.8 Å². The molecule has 31 heavy (non-hydrogen) atoms. The van der Waals surface area contributed by atoms with Crippen LogP contribution in [0.4, 0.5) is 0 Å². The van der Waals surface area contributed by atoms with Crippen LogP contribution in [0, 0.1) is 0 Å². The van der Waals surface area contributed by atoms with Crippen molar-refractivity contribution in [2.75, 3.05) is 49.8 Å². The molecule has 0 saturated carbocycles. The molecule has 0 aliphatic rings. The normalized spacial score (nSPS) is 12.2. The molecule has 170 valence electrons. The first kappa shape index (κ1) is 24.3. The van der Waals surface area contributed by atoms with E-state index >= 15 is 0 Å². The topological polar surface area (TPSA) is 84.8 Å². The molecule has 8 heteroatoms. The minimum absolute atomic E-state index is 0.479. The van der Waals surface area contributed by atoms with E-state index in [-0.39, 0.29) is 0 Å². The van der Waals surface area contributed by atoms with E-state index in [0.717, 1.165) is 5.56 Å². The highest BCUT2D eigenvalue weighted by Crippen LogP contribution is 2.40. The van der Waals surface area contributed by atoms with Crippen molar-refractivity contribution in [3.05, 3.63) is 47.0 Å². The van der Waals surface area contributed by atoms with Gasteiger partial charge in [0.15, 0.2) is 29.3 Å². The zero-order chi connectivity index (χ0) is 23.0. The van der Waals surface area contributed by atoms with Gasteiger partial charge < -0.3 is 38.3 Å². The standard InChI is InChI=1S/C23H30O8/c1-25-18-12-15(16(13-19(18)26-2)23(30-6)31-7)17(24)9-8-14-10-20(27-3)22(29-5)21(11-14)28-4/h8-13,17,23-24H,1-7H3/b9-8+. The van der Waals surface area contributed by atoms with E-state index in [9.17, 15) is 5.11 Å². The van der Waals surface area contributed by atoms with Gasteiger partial charge in [0.25, 0.3) is 0 Å². The van der Waals surface area contributed by atoms with Gasteiger partial charge in [0.2, 0.25) is 5.75 Å². The lowest BCUT2D eigenvalue weighted by molar-refractivity contribution is -0.107. The molecule has 0 bridgehead atoms. The van der Waals surface area contributed by atoms with E-state index in [2.05, 4.69) is 0 Å². The molecule has 0 heterocycles. The molecule has 2 aromatic rings. The molecule has 0 saturated heterocycles. The molecule has 8 nitrogen and oxygen atoms in total. The fraction of sp³-hybridized carbons (Fsp3) is 0.391. The van der Waals surface area contributed by atoms with Gasteiger partial charge in [0.1, 0.15) is 0 Å². The summed E-state index contributed by atoms with van der Waals surface area (Å²) in [5, 5.41) is 11.0. The summed E-state index contributed by atoms with van der Waals surface area (Å²) in [5.41, 5.74) is 1.92. The monoisotopic (exact) mass is 434 g/mol. The maximum absolute atomic E-state index is 11.0. The van der Waals surface area contributed by atoms with E-state index in [1.165, 1.54) is 28.4 Å². The van der Waals surface area contributed by atoms with Crippen molar-refractivity contribution in [2.24, 2.45) is 0 Å². The second-order valence-corrected chi connectivity index (χ2v) is 6.40. The Balaban J connectivity index is 2.49. The molecule has 1 atom stereocenters. The van der Waals surface area contributed by atoms with Crippen LogP contribution in [-0.2, 0) is 9.47 Å². The molecule has 2 aromatic carbocycles. The number of hydrogen-bond acceptors (Lipinski definition) is 8. The van der Waals surface area contributed by atoms with E-state index < -0.39 is 12.4 Å². The van der Waals surface area contributed by atoms with Crippen molar-refractivity contribution in [1.29, 1.82) is 0 Å². The van der Waals surface area contributed by atoms with Crippen molar-refractivity contribution >= 4 is 6.08 Å². The third-order valence-electron chi connectivity index (χ3n) is 4.75.